The molecule has 2 aromatic rings. The summed E-state index contributed by atoms with van der Waals surface area (Å²) in [5.41, 5.74) is 1.79. The van der Waals surface area contributed by atoms with E-state index in [-0.39, 0.29) is 5.91 Å². The van der Waals surface area contributed by atoms with Gasteiger partial charge in [-0.2, -0.15) is 0 Å². The van der Waals surface area contributed by atoms with Gasteiger partial charge < -0.3 is 5.32 Å². The fraction of sp³-hybridized carbons (Fsp3) is 0.154. The topological polar surface area (TPSA) is 29.1 Å². The standard InChI is InChI=1S/C13H12ClNOS/c1-9-4-5-10(14)7-12(9)15-13(16)8-11-3-2-6-17-11/h2-7H,8H2,1H3,(H,15,16). The molecule has 0 spiro atoms. The van der Waals surface area contributed by atoms with Crippen LogP contribution in [0.25, 0.3) is 0 Å². The van der Waals surface area contributed by atoms with Crippen LogP contribution in [0.15, 0.2) is 35.7 Å². The third-order valence-corrected chi connectivity index (χ3v) is 3.50. The van der Waals surface area contributed by atoms with Crippen molar-refractivity contribution >= 4 is 34.5 Å². The number of carbonyl (C=O) groups is 1. The Morgan fingerprint density at radius 2 is 2.24 bits per heavy atom. The molecule has 1 N–H and O–H groups in total. The summed E-state index contributed by atoms with van der Waals surface area (Å²) in [4.78, 5) is 12.9. The number of thiophene rings is 1. The van der Waals surface area contributed by atoms with Crippen LogP contribution < -0.4 is 5.32 Å². The van der Waals surface area contributed by atoms with E-state index >= 15 is 0 Å². The highest BCUT2D eigenvalue weighted by atomic mass is 35.5. The van der Waals surface area contributed by atoms with Crippen LogP contribution in [0.1, 0.15) is 10.4 Å². The van der Waals surface area contributed by atoms with Gasteiger partial charge in [0.2, 0.25) is 5.91 Å². The van der Waals surface area contributed by atoms with Gasteiger partial charge in [0.15, 0.2) is 0 Å². The molecule has 1 aromatic heterocycles. The van der Waals surface area contributed by atoms with Crippen molar-refractivity contribution in [2.45, 2.75) is 13.3 Å². The van der Waals surface area contributed by atoms with Crippen LogP contribution in [0.4, 0.5) is 5.69 Å². The Morgan fingerprint density at radius 3 is 2.94 bits per heavy atom. The zero-order chi connectivity index (χ0) is 12.3. The second-order valence-corrected chi connectivity index (χ2v) is 5.23. The van der Waals surface area contributed by atoms with Crippen molar-refractivity contribution < 1.29 is 4.79 Å². The molecule has 2 rings (SSSR count). The fourth-order valence-electron chi connectivity index (χ4n) is 1.49. The largest absolute Gasteiger partial charge is 0.325 e. The first-order chi connectivity index (χ1) is 8.15. The molecule has 17 heavy (non-hydrogen) atoms. The Bertz CT molecular complexity index is 522. The van der Waals surface area contributed by atoms with E-state index in [1.165, 1.54) is 0 Å². The highest BCUT2D eigenvalue weighted by Crippen LogP contribution is 2.20. The molecule has 0 saturated heterocycles. The van der Waals surface area contributed by atoms with Gasteiger partial charge in [-0.25, -0.2) is 0 Å². The molecule has 0 bridgehead atoms. The third-order valence-electron chi connectivity index (χ3n) is 2.39. The molecule has 1 aromatic carbocycles. The first-order valence-electron chi connectivity index (χ1n) is 5.23. The van der Waals surface area contributed by atoms with Crippen LogP contribution in [0, 0.1) is 6.92 Å². The zero-order valence-corrected chi connectivity index (χ0v) is 10.9. The molecule has 0 aliphatic carbocycles. The fourth-order valence-corrected chi connectivity index (χ4v) is 2.37. The summed E-state index contributed by atoms with van der Waals surface area (Å²) in [5, 5.41) is 5.46. The predicted molar refractivity (Wildman–Crippen MR) is 72.8 cm³/mol. The Kier molecular flexibility index (Phi) is 3.82. The van der Waals surface area contributed by atoms with Crippen molar-refractivity contribution in [1.29, 1.82) is 0 Å². The predicted octanol–water partition coefficient (Wildman–Crippen LogP) is 3.89. The SMILES string of the molecule is Cc1ccc(Cl)cc1NC(=O)Cc1cccs1. The normalized spacial score (nSPS) is 10.2. The molecule has 2 nitrogen and oxygen atoms in total. The van der Waals surface area contributed by atoms with Crippen LogP contribution in [-0.2, 0) is 11.2 Å². The minimum atomic E-state index is -0.0159. The van der Waals surface area contributed by atoms with Crippen LogP contribution in [0.5, 0.6) is 0 Å². The number of nitrogens with one attached hydrogen (secondary N) is 1. The lowest BCUT2D eigenvalue weighted by molar-refractivity contribution is -0.115. The lowest BCUT2D eigenvalue weighted by Gasteiger charge is -2.08. The summed E-state index contributed by atoms with van der Waals surface area (Å²) in [6.45, 7) is 1.94. The average molecular weight is 266 g/mol. The van der Waals surface area contributed by atoms with Gasteiger partial charge in [-0.1, -0.05) is 23.7 Å². The molecule has 0 saturated carbocycles. The number of amides is 1. The van der Waals surface area contributed by atoms with Crippen molar-refractivity contribution in [1.82, 2.24) is 0 Å². The first kappa shape index (κ1) is 12.1. The third kappa shape index (κ3) is 3.32. The Morgan fingerprint density at radius 1 is 1.41 bits per heavy atom. The van der Waals surface area contributed by atoms with Crippen molar-refractivity contribution in [3.63, 3.8) is 0 Å². The molecular weight excluding hydrogens is 254 g/mol. The Labute approximate surface area is 109 Å². The number of hydrogen-bond donors (Lipinski definition) is 1. The van der Waals surface area contributed by atoms with E-state index in [9.17, 15) is 4.79 Å². The maximum absolute atomic E-state index is 11.8. The van der Waals surface area contributed by atoms with E-state index < -0.39 is 0 Å². The lowest BCUT2D eigenvalue weighted by Crippen LogP contribution is -2.14. The zero-order valence-electron chi connectivity index (χ0n) is 9.37. The van der Waals surface area contributed by atoms with Gasteiger partial charge in [-0.15, -0.1) is 11.3 Å². The van der Waals surface area contributed by atoms with Gasteiger partial charge in [0, 0.05) is 15.6 Å². The van der Waals surface area contributed by atoms with E-state index in [0.29, 0.717) is 11.4 Å². The Balaban J connectivity index is 2.05. The summed E-state index contributed by atoms with van der Waals surface area (Å²) in [7, 11) is 0. The van der Waals surface area contributed by atoms with Crippen molar-refractivity contribution in [3.8, 4) is 0 Å². The van der Waals surface area contributed by atoms with Gasteiger partial charge >= 0.3 is 0 Å². The number of benzene rings is 1. The average Bonchev–Trinajstić information content (AvgIpc) is 2.76. The summed E-state index contributed by atoms with van der Waals surface area (Å²) in [6, 6.07) is 9.37. The van der Waals surface area contributed by atoms with Gasteiger partial charge in [-0.3, -0.25) is 4.79 Å². The van der Waals surface area contributed by atoms with Crippen LogP contribution >= 0.6 is 22.9 Å². The van der Waals surface area contributed by atoms with E-state index in [4.69, 9.17) is 11.6 Å². The van der Waals surface area contributed by atoms with E-state index in [1.807, 2.05) is 36.6 Å². The summed E-state index contributed by atoms with van der Waals surface area (Å²) < 4.78 is 0. The van der Waals surface area contributed by atoms with Crippen LogP contribution in [0.2, 0.25) is 5.02 Å². The van der Waals surface area contributed by atoms with E-state index in [2.05, 4.69) is 5.32 Å². The number of halogens is 1. The van der Waals surface area contributed by atoms with E-state index in [1.54, 1.807) is 17.4 Å². The van der Waals surface area contributed by atoms with Crippen molar-refractivity contribution in [2.75, 3.05) is 5.32 Å². The maximum Gasteiger partial charge on any atom is 0.229 e. The molecule has 0 atom stereocenters. The molecule has 1 heterocycles. The smallest absolute Gasteiger partial charge is 0.229 e. The Hall–Kier alpha value is -1.32. The van der Waals surface area contributed by atoms with Crippen LogP contribution in [-0.4, -0.2) is 5.91 Å². The number of aryl methyl sites for hydroxylation is 1. The summed E-state index contributed by atoms with van der Waals surface area (Å²) in [5.74, 6) is -0.0159. The number of anilines is 1. The van der Waals surface area contributed by atoms with Crippen LogP contribution in [0.3, 0.4) is 0 Å². The summed E-state index contributed by atoms with van der Waals surface area (Å²) >= 11 is 7.48. The van der Waals surface area contributed by atoms with Gasteiger partial charge in [-0.05, 0) is 36.1 Å². The van der Waals surface area contributed by atoms with Crippen molar-refractivity contribution in [3.05, 3.63) is 51.2 Å². The van der Waals surface area contributed by atoms with Gasteiger partial charge in [0.05, 0.1) is 6.42 Å². The van der Waals surface area contributed by atoms with Crippen molar-refractivity contribution in [2.24, 2.45) is 0 Å². The van der Waals surface area contributed by atoms with Gasteiger partial charge in [0.25, 0.3) is 0 Å². The van der Waals surface area contributed by atoms with E-state index in [0.717, 1.165) is 16.1 Å². The molecule has 0 fully saturated rings. The molecule has 0 radical (unpaired) electrons. The molecular formula is C13H12ClNOS. The monoisotopic (exact) mass is 265 g/mol. The molecule has 0 aliphatic heterocycles. The number of hydrogen-bond acceptors (Lipinski definition) is 2. The minimum absolute atomic E-state index is 0.0159. The maximum atomic E-state index is 11.8. The summed E-state index contributed by atoms with van der Waals surface area (Å²) in [6.07, 6.45) is 0.406. The first-order valence-corrected chi connectivity index (χ1v) is 6.49. The highest BCUT2D eigenvalue weighted by molar-refractivity contribution is 7.10. The molecule has 0 unspecified atom stereocenters. The lowest BCUT2D eigenvalue weighted by atomic mass is 10.2. The molecule has 0 aliphatic rings. The quantitative estimate of drug-likeness (QED) is 0.896. The highest BCUT2D eigenvalue weighted by Gasteiger charge is 2.07. The number of carbonyl (C=O) groups excluding carboxylic acids is 1. The number of rotatable bonds is 3. The second-order valence-electron chi connectivity index (χ2n) is 3.76. The van der Waals surface area contributed by atoms with Gasteiger partial charge in [0.1, 0.15) is 0 Å². The minimum Gasteiger partial charge on any atom is -0.325 e. The molecule has 1 amide bonds. The molecule has 4 heteroatoms. The second kappa shape index (κ2) is 5.34. The molecule has 88 valence electrons.